The molecule has 10 aromatic rings. The van der Waals surface area contributed by atoms with Gasteiger partial charge in [0.1, 0.15) is 81.4 Å². The fraction of sp³-hybridized carbons (Fsp3) is 0.308. The monoisotopic (exact) mass is 1140 g/mol. The van der Waals surface area contributed by atoms with E-state index >= 15 is 0 Å². The molecule has 24 nitrogen and oxygen atoms in total. The molecule has 0 radical (unpaired) electrons. The third-order valence-corrected chi connectivity index (χ3v) is 17.0. The number of pyridine rings is 2. The number of benzene rings is 2. The molecular weight excluding hydrogens is 1090 g/mol. The van der Waals surface area contributed by atoms with E-state index in [9.17, 15) is 25.6 Å². The van der Waals surface area contributed by atoms with Gasteiger partial charge in [-0.25, -0.2) is 35.6 Å². The van der Waals surface area contributed by atoms with Gasteiger partial charge in [-0.1, -0.05) is 12.1 Å². The number of rotatable bonds is 22. The van der Waals surface area contributed by atoms with E-state index in [1.807, 2.05) is 0 Å². The zero-order valence-electron chi connectivity index (χ0n) is 44.5. The lowest BCUT2D eigenvalue weighted by Crippen LogP contribution is -2.24. The molecule has 2 aromatic carbocycles. The van der Waals surface area contributed by atoms with Crippen LogP contribution in [0.25, 0.3) is 56.6 Å². The average molecular weight is 1140 g/mol. The predicted octanol–water partition coefficient (Wildman–Crippen LogP) is 7.16. The van der Waals surface area contributed by atoms with Crippen LogP contribution in [-0.4, -0.2) is 129 Å². The van der Waals surface area contributed by atoms with Crippen LogP contribution in [0.3, 0.4) is 0 Å². The van der Waals surface area contributed by atoms with E-state index in [-0.39, 0.29) is 71.7 Å². The molecule has 0 unspecified atom stereocenters. The number of ether oxygens (including phenoxy) is 6. The zero-order chi connectivity index (χ0) is 56.9. The number of para-hydroxylation sites is 2. The van der Waals surface area contributed by atoms with E-state index < -0.39 is 53.3 Å². The van der Waals surface area contributed by atoms with Gasteiger partial charge >= 0.3 is 0 Å². The number of halogens is 2. The van der Waals surface area contributed by atoms with Gasteiger partial charge < -0.3 is 46.4 Å². The minimum atomic E-state index is -3.85. The minimum Gasteiger partial charge on any atom is -0.494 e. The van der Waals surface area contributed by atoms with E-state index in [1.54, 1.807) is 83.6 Å². The van der Waals surface area contributed by atoms with Crippen LogP contribution in [0.4, 0.5) is 8.78 Å². The van der Waals surface area contributed by atoms with Crippen molar-refractivity contribution in [3.8, 4) is 57.5 Å². The molecule has 420 valence electrons. The van der Waals surface area contributed by atoms with Crippen molar-refractivity contribution >= 4 is 41.7 Å². The van der Waals surface area contributed by atoms with Gasteiger partial charge in [-0.3, -0.25) is 19.1 Å². The number of fused-ring (bicyclic) bond motifs is 2. The molecule has 0 spiro atoms. The van der Waals surface area contributed by atoms with Crippen LogP contribution in [0.2, 0.25) is 0 Å². The van der Waals surface area contributed by atoms with Gasteiger partial charge in [0.25, 0.3) is 0 Å². The second-order valence-corrected chi connectivity index (χ2v) is 22.8. The number of hydrogen-bond donors (Lipinski definition) is 0. The summed E-state index contributed by atoms with van der Waals surface area (Å²) in [6.07, 6.45) is 7.95. The van der Waals surface area contributed by atoms with E-state index in [0.717, 1.165) is 12.4 Å². The fourth-order valence-corrected chi connectivity index (χ4v) is 11.4. The van der Waals surface area contributed by atoms with Crippen molar-refractivity contribution in [3.05, 3.63) is 133 Å². The molecule has 0 saturated carbocycles. The molecule has 0 aliphatic heterocycles. The first kappa shape index (κ1) is 56.1. The van der Waals surface area contributed by atoms with E-state index in [1.165, 1.54) is 77.0 Å². The maximum absolute atomic E-state index is 14.5. The smallest absolute Gasteiger partial charge is 0.204 e. The summed E-state index contributed by atoms with van der Waals surface area (Å²) < 4.78 is 134. The van der Waals surface area contributed by atoms with Crippen LogP contribution in [0, 0.1) is 11.6 Å². The molecule has 28 heteroatoms. The highest BCUT2D eigenvalue weighted by Crippen LogP contribution is 2.39. The lowest BCUT2D eigenvalue weighted by atomic mass is 10.2. The Morgan fingerprint density at radius 1 is 0.525 bits per heavy atom. The number of nitrogens with zero attached hydrogens (tertiary/aromatic N) is 12. The number of imidazole rings is 2. The van der Waals surface area contributed by atoms with Crippen molar-refractivity contribution < 1.29 is 62.9 Å². The second-order valence-electron chi connectivity index (χ2n) is 17.9. The standard InChI is InChI=1S/2C26H27FN6O6S/c2*1-16(11-18-23-24(17(27)12-28-18)32(14-29-23)15-36-2)40(34,35)13-22-30-31-26(21-9-6-10-39-21)33(22)25-19(37-3)7-5-8-20(25)38-4/h2*5-10,12,14,16H,11,13,15H2,1-4H3/t2*16-/m10/s1. The number of sulfone groups is 2. The quantitative estimate of drug-likeness (QED) is 0.0651. The Morgan fingerprint density at radius 3 is 1.23 bits per heavy atom. The molecule has 0 bridgehead atoms. The van der Waals surface area contributed by atoms with Gasteiger partial charge in [-0.05, 0) is 62.4 Å². The number of aromatic nitrogens is 12. The highest BCUT2D eigenvalue weighted by molar-refractivity contribution is 7.91. The van der Waals surface area contributed by atoms with Crippen LogP contribution >= 0.6 is 0 Å². The van der Waals surface area contributed by atoms with E-state index in [0.29, 0.717) is 57.3 Å². The summed E-state index contributed by atoms with van der Waals surface area (Å²) >= 11 is 0. The minimum absolute atomic E-state index is 0.000264. The fourth-order valence-electron chi connectivity index (χ4n) is 8.94. The Morgan fingerprint density at radius 2 is 0.900 bits per heavy atom. The topological polar surface area (TPSA) is 273 Å². The molecule has 0 amide bonds. The van der Waals surface area contributed by atoms with Crippen LogP contribution in [-0.2, 0) is 67.0 Å². The van der Waals surface area contributed by atoms with Crippen molar-refractivity contribution in [1.29, 1.82) is 0 Å². The SMILES string of the molecule is COCn1cnc2c(C[C@@H](C)S(=O)(=O)Cc3nnc(-c4ccco4)n3-c3c(OC)cccc3OC)ncc(F)c21.COCn1cnc2c(C[C@H](C)S(=O)(=O)Cc3nnc(-c4ccco4)n3-c3c(OC)cccc3OC)ncc(F)c21. The molecule has 0 fully saturated rings. The van der Waals surface area contributed by atoms with Crippen LogP contribution in [0.1, 0.15) is 36.9 Å². The van der Waals surface area contributed by atoms with Gasteiger partial charge in [-0.2, -0.15) is 0 Å². The summed E-state index contributed by atoms with van der Waals surface area (Å²) in [6.45, 7) is 3.31. The van der Waals surface area contributed by atoms with Crippen LogP contribution in [0.5, 0.6) is 23.0 Å². The van der Waals surface area contributed by atoms with Crippen LogP contribution < -0.4 is 18.9 Å². The zero-order valence-corrected chi connectivity index (χ0v) is 46.1. The second kappa shape index (κ2) is 23.8. The summed E-state index contributed by atoms with van der Waals surface area (Å²) in [5.41, 5.74) is 2.50. The third kappa shape index (κ3) is 11.1. The first-order chi connectivity index (χ1) is 38.6. The number of methoxy groups -OCH3 is 6. The Bertz CT molecular complexity index is 3710. The van der Waals surface area contributed by atoms with Gasteiger partial charge in [0, 0.05) is 27.1 Å². The summed E-state index contributed by atoms with van der Waals surface area (Å²) in [5, 5.41) is 15.1. The molecule has 2 atom stereocenters. The van der Waals surface area contributed by atoms with Gasteiger partial charge in [-0.15, -0.1) is 20.4 Å². The first-order valence-electron chi connectivity index (χ1n) is 24.3. The number of furan rings is 2. The Balaban J connectivity index is 0.000000194. The molecule has 80 heavy (non-hydrogen) atoms. The third-order valence-electron chi connectivity index (χ3n) is 12.9. The van der Waals surface area contributed by atoms with E-state index in [2.05, 4.69) is 40.3 Å². The normalized spacial score (nSPS) is 12.6. The molecule has 10 rings (SSSR count). The summed E-state index contributed by atoms with van der Waals surface area (Å²) in [7, 11) is 1.26. The molecule has 0 N–H and O–H groups in total. The van der Waals surface area contributed by atoms with Gasteiger partial charge in [0.05, 0.1) is 87.9 Å². The molecule has 0 saturated heterocycles. The molecule has 0 aliphatic rings. The molecular formula is C52H54F2N12O12S2. The van der Waals surface area contributed by atoms with Crippen molar-refractivity contribution in [2.75, 3.05) is 42.7 Å². The Kier molecular flexibility index (Phi) is 16.7. The molecule has 8 aromatic heterocycles. The largest absolute Gasteiger partial charge is 0.494 e. The van der Waals surface area contributed by atoms with Gasteiger partial charge in [0.15, 0.2) is 54.5 Å². The maximum Gasteiger partial charge on any atom is 0.204 e. The van der Waals surface area contributed by atoms with Gasteiger partial charge in [0.2, 0.25) is 11.6 Å². The summed E-state index contributed by atoms with van der Waals surface area (Å²) in [5.74, 6) is 1.15. The maximum atomic E-state index is 14.5. The van der Waals surface area contributed by atoms with Crippen molar-refractivity contribution in [2.24, 2.45) is 0 Å². The molecule has 8 heterocycles. The lowest BCUT2D eigenvalue weighted by Gasteiger charge is -2.18. The highest BCUT2D eigenvalue weighted by atomic mass is 32.2. The summed E-state index contributed by atoms with van der Waals surface area (Å²) in [4.78, 5) is 16.8. The Hall–Kier alpha value is -8.60. The van der Waals surface area contributed by atoms with Crippen LogP contribution in [0.15, 0.2) is 107 Å². The lowest BCUT2D eigenvalue weighted by molar-refractivity contribution is 0.134. The number of hydrogen-bond acceptors (Lipinski definition) is 20. The van der Waals surface area contributed by atoms with Crippen molar-refractivity contribution in [1.82, 2.24) is 58.6 Å². The molecule has 0 aliphatic carbocycles. The highest BCUT2D eigenvalue weighted by Gasteiger charge is 2.33. The Labute approximate surface area is 456 Å². The van der Waals surface area contributed by atoms with Crippen molar-refractivity contribution in [3.63, 3.8) is 0 Å². The van der Waals surface area contributed by atoms with E-state index in [4.69, 9.17) is 37.3 Å². The first-order valence-corrected chi connectivity index (χ1v) is 27.8. The average Bonchev–Trinajstić information content (AvgIpc) is 4.37. The predicted molar refractivity (Wildman–Crippen MR) is 285 cm³/mol. The summed E-state index contributed by atoms with van der Waals surface area (Å²) in [6, 6.07) is 17.2. The van der Waals surface area contributed by atoms with Crippen molar-refractivity contribution in [2.45, 2.75) is 62.2 Å².